The Morgan fingerprint density at radius 3 is 1.86 bits per heavy atom. The van der Waals surface area contributed by atoms with Gasteiger partial charge in [-0.1, -0.05) is 41.5 Å². The van der Waals surface area contributed by atoms with Crippen LogP contribution in [0, 0.1) is 13.8 Å². The predicted molar refractivity (Wildman–Crippen MR) is 128 cm³/mol. The van der Waals surface area contributed by atoms with E-state index in [0.29, 0.717) is 20.8 Å². The van der Waals surface area contributed by atoms with E-state index in [9.17, 15) is 16.8 Å². The minimum atomic E-state index is -4.48. The van der Waals surface area contributed by atoms with E-state index >= 15 is 0 Å². The molecule has 2 aliphatic rings. The summed E-state index contributed by atoms with van der Waals surface area (Å²) in [5.41, 5.74) is 2.39. The van der Waals surface area contributed by atoms with Crippen LogP contribution in [0.5, 0.6) is 11.5 Å². The summed E-state index contributed by atoms with van der Waals surface area (Å²) in [5, 5.41) is 0. The fraction of sp³-hybridized carbons (Fsp3) is 0.200. The first-order chi connectivity index (χ1) is 16.7. The zero-order chi connectivity index (χ0) is 24.8. The number of benzene rings is 3. The third kappa shape index (κ3) is 4.29. The molecule has 0 spiro atoms. The predicted octanol–water partition coefficient (Wildman–Crippen LogP) is 4.07. The second-order valence-electron chi connectivity index (χ2n) is 8.34. The molecule has 1 unspecified atom stereocenters. The van der Waals surface area contributed by atoms with Crippen LogP contribution in [-0.2, 0) is 24.8 Å². The Kier molecular flexibility index (Phi) is 5.82. The third-order valence-corrected chi connectivity index (χ3v) is 10.0. The molecule has 0 fully saturated rings. The van der Waals surface area contributed by atoms with Crippen molar-refractivity contribution in [3.8, 4) is 11.5 Å². The van der Waals surface area contributed by atoms with Crippen molar-refractivity contribution >= 4 is 20.0 Å². The Bertz CT molecular complexity index is 1440. The first-order valence-corrected chi connectivity index (χ1v) is 13.7. The smallest absolute Gasteiger partial charge is 0.277 e. The minimum absolute atomic E-state index is 0.00816. The average molecular weight is 514 g/mol. The van der Waals surface area contributed by atoms with E-state index in [4.69, 9.17) is 14.2 Å². The van der Waals surface area contributed by atoms with Gasteiger partial charge in [-0.05, 0) is 61.9 Å². The first-order valence-electron chi connectivity index (χ1n) is 10.8. The molecule has 3 aromatic carbocycles. The lowest BCUT2D eigenvalue weighted by Gasteiger charge is -2.24. The highest BCUT2D eigenvalue weighted by atomic mass is 32.3. The number of fused-ring (bicyclic) bond motifs is 1. The Morgan fingerprint density at radius 2 is 1.29 bits per heavy atom. The van der Waals surface area contributed by atoms with Gasteiger partial charge in [0, 0.05) is 0 Å². The highest BCUT2D eigenvalue weighted by Gasteiger charge is 2.40. The average Bonchev–Trinajstić information content (AvgIpc) is 3.48. The number of hydrogen-bond donors (Lipinski definition) is 0. The molecule has 2 heterocycles. The molecule has 0 saturated heterocycles. The number of rotatable bonds is 6. The molecule has 0 bridgehead atoms. The molecule has 0 radical (unpaired) electrons. The van der Waals surface area contributed by atoms with E-state index in [1.807, 2.05) is 13.8 Å². The second-order valence-corrected chi connectivity index (χ2v) is 12.1. The molecule has 182 valence electrons. The quantitative estimate of drug-likeness (QED) is 0.490. The van der Waals surface area contributed by atoms with Crippen molar-refractivity contribution in [1.29, 1.82) is 0 Å². The van der Waals surface area contributed by atoms with E-state index in [0.717, 1.165) is 11.1 Å². The highest BCUT2D eigenvalue weighted by molar-refractivity contribution is 8.04. The molecule has 35 heavy (non-hydrogen) atoms. The van der Waals surface area contributed by atoms with Gasteiger partial charge in [-0.25, -0.2) is 16.8 Å². The van der Waals surface area contributed by atoms with Gasteiger partial charge in [0.25, 0.3) is 20.0 Å². The number of hydrogen-bond acceptors (Lipinski definition) is 7. The van der Waals surface area contributed by atoms with Crippen LogP contribution >= 0.6 is 0 Å². The summed E-state index contributed by atoms with van der Waals surface area (Å²) in [7, 11) is -8.96. The maximum atomic E-state index is 13.7. The van der Waals surface area contributed by atoms with Crippen molar-refractivity contribution in [2.45, 2.75) is 29.7 Å². The Morgan fingerprint density at radius 1 is 0.743 bits per heavy atom. The normalized spacial score (nSPS) is 17.3. The van der Waals surface area contributed by atoms with Crippen LogP contribution in [0.15, 0.2) is 88.3 Å². The molecule has 0 N–H and O–H groups in total. The van der Waals surface area contributed by atoms with Crippen LogP contribution in [0.25, 0.3) is 0 Å². The standard InChI is InChI=1S/C25H23NO7S2/c1-17-3-8-21(9-4-17)34(27,28)26(35(29,30)22-10-5-18(2)6-11-22)20-14-24(31-15-20)19-7-12-23-25(13-19)33-16-32-23/h3-14,24H,15-16H2,1-2H3. The Balaban J connectivity index is 1.60. The van der Waals surface area contributed by atoms with Gasteiger partial charge in [0.2, 0.25) is 6.79 Å². The zero-order valence-corrected chi connectivity index (χ0v) is 20.7. The van der Waals surface area contributed by atoms with Gasteiger partial charge < -0.3 is 14.2 Å². The topological polar surface area (TPSA) is 99.2 Å². The lowest BCUT2D eigenvalue weighted by Crippen LogP contribution is -2.36. The molecule has 10 heteroatoms. The first kappa shape index (κ1) is 23.4. The number of ether oxygens (including phenoxy) is 3. The van der Waals surface area contributed by atoms with E-state index in [1.54, 1.807) is 42.5 Å². The van der Waals surface area contributed by atoms with Crippen molar-refractivity contribution in [3.63, 3.8) is 0 Å². The summed E-state index contributed by atoms with van der Waals surface area (Å²) >= 11 is 0. The van der Waals surface area contributed by atoms with Crippen LogP contribution in [0.4, 0.5) is 0 Å². The van der Waals surface area contributed by atoms with Crippen molar-refractivity contribution < 1.29 is 31.0 Å². The molecule has 1 atom stereocenters. The molecular formula is C25H23NO7S2. The molecule has 0 saturated carbocycles. The molecule has 3 aromatic rings. The summed E-state index contributed by atoms with van der Waals surface area (Å²) in [4.78, 5) is -0.266. The van der Waals surface area contributed by atoms with E-state index < -0.39 is 26.2 Å². The summed E-state index contributed by atoms with van der Waals surface area (Å²) in [6.07, 6.45) is 0.845. The van der Waals surface area contributed by atoms with Crippen molar-refractivity contribution in [2.24, 2.45) is 0 Å². The molecule has 5 rings (SSSR count). The number of nitrogens with zero attached hydrogens (tertiary/aromatic N) is 1. The molecule has 0 aliphatic carbocycles. The molecule has 0 aromatic heterocycles. The fourth-order valence-electron chi connectivity index (χ4n) is 3.89. The van der Waals surface area contributed by atoms with Gasteiger partial charge in [-0.3, -0.25) is 0 Å². The monoisotopic (exact) mass is 513 g/mol. The van der Waals surface area contributed by atoms with Gasteiger partial charge in [0.15, 0.2) is 11.5 Å². The zero-order valence-electron chi connectivity index (χ0n) is 19.0. The van der Waals surface area contributed by atoms with Gasteiger partial charge >= 0.3 is 0 Å². The number of aryl methyl sites for hydroxylation is 2. The Labute approximate surface area is 204 Å². The van der Waals surface area contributed by atoms with Crippen LogP contribution in [0.1, 0.15) is 22.8 Å². The van der Waals surface area contributed by atoms with Crippen LogP contribution in [0.2, 0.25) is 0 Å². The molecule has 0 amide bonds. The lowest BCUT2D eigenvalue weighted by molar-refractivity contribution is 0.123. The van der Waals surface area contributed by atoms with Crippen molar-refractivity contribution in [1.82, 2.24) is 3.71 Å². The van der Waals surface area contributed by atoms with Crippen molar-refractivity contribution in [3.05, 3.63) is 95.2 Å². The highest BCUT2D eigenvalue weighted by Crippen LogP contribution is 2.39. The summed E-state index contributed by atoms with van der Waals surface area (Å²) in [6.45, 7) is 3.54. The molecule has 2 aliphatic heterocycles. The summed E-state index contributed by atoms with van der Waals surface area (Å²) in [6, 6.07) is 17.3. The van der Waals surface area contributed by atoms with Crippen LogP contribution in [0.3, 0.4) is 0 Å². The van der Waals surface area contributed by atoms with Gasteiger partial charge in [0.1, 0.15) is 6.10 Å². The van der Waals surface area contributed by atoms with Gasteiger partial charge in [0.05, 0.1) is 22.1 Å². The molecular weight excluding hydrogens is 490 g/mol. The summed E-state index contributed by atoms with van der Waals surface area (Å²) < 4.78 is 72.0. The van der Waals surface area contributed by atoms with Crippen molar-refractivity contribution in [2.75, 3.05) is 13.4 Å². The fourth-order valence-corrected chi connectivity index (χ4v) is 7.63. The molecule has 8 nitrogen and oxygen atoms in total. The summed E-state index contributed by atoms with van der Waals surface area (Å²) in [5.74, 6) is 1.14. The third-order valence-electron chi connectivity index (χ3n) is 5.79. The second kappa shape index (κ2) is 8.71. The lowest BCUT2D eigenvalue weighted by atomic mass is 10.1. The largest absolute Gasteiger partial charge is 0.454 e. The van der Waals surface area contributed by atoms with E-state index in [-0.39, 0.29) is 28.9 Å². The van der Waals surface area contributed by atoms with E-state index in [1.165, 1.54) is 30.3 Å². The maximum absolute atomic E-state index is 13.7. The van der Waals surface area contributed by atoms with Gasteiger partial charge in [-0.2, -0.15) is 3.71 Å². The minimum Gasteiger partial charge on any atom is -0.454 e. The van der Waals surface area contributed by atoms with Crippen LogP contribution in [-0.4, -0.2) is 33.9 Å². The van der Waals surface area contributed by atoms with Gasteiger partial charge in [-0.15, -0.1) is 0 Å². The maximum Gasteiger partial charge on any atom is 0.277 e. The Hall–Kier alpha value is -3.34. The number of sulfonamides is 2. The van der Waals surface area contributed by atoms with Crippen LogP contribution < -0.4 is 9.47 Å². The van der Waals surface area contributed by atoms with E-state index in [2.05, 4.69) is 0 Å². The SMILES string of the molecule is Cc1ccc(S(=O)(=O)N(C2=CC(c3ccc4c(c3)OCO4)OC2)S(=O)(=O)c2ccc(C)cc2)cc1.